The van der Waals surface area contributed by atoms with Gasteiger partial charge in [-0.2, -0.15) is 5.10 Å². The van der Waals surface area contributed by atoms with Crippen molar-refractivity contribution in [3.8, 4) is 11.5 Å². The van der Waals surface area contributed by atoms with Gasteiger partial charge in [-0.25, -0.2) is 0 Å². The molecule has 0 aromatic carbocycles. The average Bonchev–Trinajstić information content (AvgIpc) is 3.07. The quantitative estimate of drug-likeness (QED) is 0.576. The van der Waals surface area contributed by atoms with E-state index in [1.165, 1.54) is 0 Å². The van der Waals surface area contributed by atoms with Crippen LogP contribution in [-0.2, 0) is 16.1 Å². The number of esters is 1. The Bertz CT molecular complexity index is 574. The summed E-state index contributed by atoms with van der Waals surface area (Å²) < 4.78 is 10.5. The first-order chi connectivity index (χ1) is 10.2. The number of rotatable bonds is 8. The summed E-state index contributed by atoms with van der Waals surface area (Å²) in [5.74, 6) is 1.51. The molecule has 2 N–H and O–H groups in total. The van der Waals surface area contributed by atoms with E-state index in [1.54, 1.807) is 6.20 Å². The van der Waals surface area contributed by atoms with E-state index >= 15 is 0 Å². The number of aryl methyl sites for hydroxylation is 1. The van der Waals surface area contributed by atoms with Crippen molar-refractivity contribution in [1.29, 1.82) is 0 Å². The van der Waals surface area contributed by atoms with E-state index in [4.69, 9.17) is 9.15 Å². The summed E-state index contributed by atoms with van der Waals surface area (Å²) in [6.45, 7) is 5.59. The molecule has 2 rings (SSSR count). The van der Waals surface area contributed by atoms with Gasteiger partial charge in [-0.3, -0.25) is 9.89 Å². The fourth-order valence-electron chi connectivity index (χ4n) is 2.04. The molecule has 6 nitrogen and oxygen atoms in total. The molecular weight excluding hydrogens is 270 g/mol. The summed E-state index contributed by atoms with van der Waals surface area (Å²) in [4.78, 5) is 11.2. The van der Waals surface area contributed by atoms with Crippen molar-refractivity contribution in [2.45, 2.75) is 33.2 Å². The highest BCUT2D eigenvalue weighted by atomic mass is 16.5. The first-order valence-electron chi connectivity index (χ1n) is 7.16. The minimum absolute atomic E-state index is 0.144. The maximum absolute atomic E-state index is 11.2. The second-order valence-corrected chi connectivity index (χ2v) is 4.77. The number of carbonyl (C=O) groups excluding carboxylic acids is 1. The molecule has 0 spiro atoms. The fourth-order valence-corrected chi connectivity index (χ4v) is 2.04. The van der Waals surface area contributed by atoms with E-state index in [-0.39, 0.29) is 5.97 Å². The van der Waals surface area contributed by atoms with Gasteiger partial charge in [0, 0.05) is 18.5 Å². The van der Waals surface area contributed by atoms with Crippen molar-refractivity contribution < 1.29 is 13.9 Å². The molecule has 114 valence electrons. The monoisotopic (exact) mass is 291 g/mol. The van der Waals surface area contributed by atoms with E-state index in [0.29, 0.717) is 19.6 Å². The fraction of sp³-hybridized carbons (Fsp3) is 0.467. The van der Waals surface area contributed by atoms with Crippen LogP contribution in [0.2, 0.25) is 0 Å². The molecule has 0 bridgehead atoms. The highest BCUT2D eigenvalue weighted by Crippen LogP contribution is 2.23. The molecule has 0 atom stereocenters. The largest absolute Gasteiger partial charge is 0.466 e. The third-order valence-electron chi connectivity index (χ3n) is 3.06. The van der Waals surface area contributed by atoms with Gasteiger partial charge in [0.05, 0.1) is 12.8 Å². The predicted molar refractivity (Wildman–Crippen MR) is 78.6 cm³/mol. The zero-order valence-corrected chi connectivity index (χ0v) is 12.4. The summed E-state index contributed by atoms with van der Waals surface area (Å²) in [6.07, 6.45) is 2.98. The van der Waals surface area contributed by atoms with Crippen LogP contribution in [0.3, 0.4) is 0 Å². The summed E-state index contributed by atoms with van der Waals surface area (Å²) in [7, 11) is 0. The predicted octanol–water partition coefficient (Wildman–Crippen LogP) is 2.41. The zero-order valence-electron chi connectivity index (χ0n) is 12.4. The van der Waals surface area contributed by atoms with Crippen LogP contribution < -0.4 is 5.32 Å². The lowest BCUT2D eigenvalue weighted by atomic mass is 10.2. The van der Waals surface area contributed by atoms with Crippen LogP contribution in [0.15, 0.2) is 22.7 Å². The van der Waals surface area contributed by atoms with Crippen LogP contribution in [0.4, 0.5) is 0 Å². The second kappa shape index (κ2) is 7.64. The van der Waals surface area contributed by atoms with Crippen LogP contribution in [0.1, 0.15) is 31.1 Å². The van der Waals surface area contributed by atoms with Crippen molar-refractivity contribution in [1.82, 2.24) is 15.5 Å². The molecule has 6 heteroatoms. The molecule has 0 fully saturated rings. The Morgan fingerprint density at radius 2 is 2.33 bits per heavy atom. The van der Waals surface area contributed by atoms with E-state index in [0.717, 1.165) is 35.7 Å². The molecule has 2 heterocycles. The molecular formula is C15H21N3O3. The van der Waals surface area contributed by atoms with Gasteiger partial charge in [0.25, 0.3) is 0 Å². The molecule has 2 aromatic rings. The van der Waals surface area contributed by atoms with Gasteiger partial charge in [0.2, 0.25) is 0 Å². The van der Waals surface area contributed by atoms with Crippen molar-refractivity contribution in [3.63, 3.8) is 0 Å². The lowest BCUT2D eigenvalue weighted by molar-refractivity contribution is -0.143. The topological polar surface area (TPSA) is 80.1 Å². The van der Waals surface area contributed by atoms with E-state index in [1.807, 2.05) is 26.0 Å². The summed E-state index contributed by atoms with van der Waals surface area (Å²) in [5.41, 5.74) is 1.93. The molecule has 0 amide bonds. The molecule has 0 unspecified atom stereocenters. The maximum atomic E-state index is 11.2. The van der Waals surface area contributed by atoms with Crippen LogP contribution >= 0.6 is 0 Å². The third-order valence-corrected chi connectivity index (χ3v) is 3.06. The number of aromatic amines is 1. The molecule has 21 heavy (non-hydrogen) atoms. The van der Waals surface area contributed by atoms with Gasteiger partial charge in [0.1, 0.15) is 11.5 Å². The lowest BCUT2D eigenvalue weighted by Gasteiger charge is -2.05. The number of furan rings is 1. The SMILES string of the molecule is CCOC(=O)CCCNCc1cn[nH]c1-c1ccc(C)o1. The maximum Gasteiger partial charge on any atom is 0.305 e. The highest BCUT2D eigenvalue weighted by molar-refractivity contribution is 5.69. The van der Waals surface area contributed by atoms with E-state index in [2.05, 4.69) is 15.5 Å². The standard InChI is InChI=1S/C15H21N3O3/c1-3-20-14(19)5-4-8-16-9-12-10-17-18-15(12)13-7-6-11(2)21-13/h6-7,10,16H,3-5,8-9H2,1-2H3,(H,17,18). The van der Waals surface area contributed by atoms with Gasteiger partial charge in [0.15, 0.2) is 5.76 Å². The van der Waals surface area contributed by atoms with Crippen LogP contribution in [0.25, 0.3) is 11.5 Å². The van der Waals surface area contributed by atoms with Gasteiger partial charge in [-0.1, -0.05) is 0 Å². The molecule has 0 aliphatic carbocycles. The van der Waals surface area contributed by atoms with Gasteiger partial charge in [-0.15, -0.1) is 0 Å². The van der Waals surface area contributed by atoms with Gasteiger partial charge >= 0.3 is 5.97 Å². The Morgan fingerprint density at radius 1 is 1.48 bits per heavy atom. The normalized spacial score (nSPS) is 10.8. The molecule has 0 radical (unpaired) electrons. The van der Waals surface area contributed by atoms with Crippen molar-refractivity contribution in [2.24, 2.45) is 0 Å². The lowest BCUT2D eigenvalue weighted by Crippen LogP contribution is -2.16. The van der Waals surface area contributed by atoms with Crippen LogP contribution in [0, 0.1) is 6.92 Å². The van der Waals surface area contributed by atoms with Gasteiger partial charge in [-0.05, 0) is 38.9 Å². The molecule has 0 aliphatic rings. The zero-order chi connectivity index (χ0) is 15.1. The average molecular weight is 291 g/mol. The highest BCUT2D eigenvalue weighted by Gasteiger charge is 2.10. The minimum atomic E-state index is -0.144. The molecule has 2 aromatic heterocycles. The minimum Gasteiger partial charge on any atom is -0.466 e. The number of aromatic nitrogens is 2. The van der Waals surface area contributed by atoms with Crippen molar-refractivity contribution in [2.75, 3.05) is 13.2 Å². The first kappa shape index (κ1) is 15.3. The Hall–Kier alpha value is -2.08. The summed E-state index contributed by atoms with van der Waals surface area (Å²) in [5, 5.41) is 10.3. The number of nitrogens with zero attached hydrogens (tertiary/aromatic N) is 1. The number of H-pyrrole nitrogens is 1. The first-order valence-corrected chi connectivity index (χ1v) is 7.16. The van der Waals surface area contributed by atoms with Crippen molar-refractivity contribution >= 4 is 5.97 Å². The van der Waals surface area contributed by atoms with Gasteiger partial charge < -0.3 is 14.5 Å². The Balaban J connectivity index is 1.77. The number of hydrogen-bond donors (Lipinski definition) is 2. The molecule has 0 saturated carbocycles. The third kappa shape index (κ3) is 4.46. The van der Waals surface area contributed by atoms with E-state index in [9.17, 15) is 4.79 Å². The van der Waals surface area contributed by atoms with Crippen molar-refractivity contribution in [3.05, 3.63) is 29.7 Å². The summed E-state index contributed by atoms with van der Waals surface area (Å²) in [6, 6.07) is 3.85. The number of carbonyl (C=O) groups is 1. The Labute approximate surface area is 123 Å². The smallest absolute Gasteiger partial charge is 0.305 e. The molecule has 0 aliphatic heterocycles. The van der Waals surface area contributed by atoms with E-state index < -0.39 is 0 Å². The Kier molecular flexibility index (Phi) is 5.57. The van der Waals surface area contributed by atoms with Crippen LogP contribution in [-0.4, -0.2) is 29.3 Å². The molecule has 0 saturated heterocycles. The number of ether oxygens (including phenoxy) is 1. The Morgan fingerprint density at radius 3 is 3.05 bits per heavy atom. The van der Waals surface area contributed by atoms with Crippen LogP contribution in [0.5, 0.6) is 0 Å². The summed E-state index contributed by atoms with van der Waals surface area (Å²) >= 11 is 0. The second-order valence-electron chi connectivity index (χ2n) is 4.77. The number of nitrogens with one attached hydrogen (secondary N) is 2. The number of hydrogen-bond acceptors (Lipinski definition) is 5.